The van der Waals surface area contributed by atoms with Gasteiger partial charge in [0, 0.05) is 61.0 Å². The fourth-order valence-corrected chi connectivity index (χ4v) is 3.45. The van der Waals surface area contributed by atoms with E-state index in [9.17, 15) is 10.1 Å². The summed E-state index contributed by atoms with van der Waals surface area (Å²) in [4.78, 5) is 13.3. The summed E-state index contributed by atoms with van der Waals surface area (Å²) in [5.74, 6) is 0. The maximum absolute atomic E-state index is 11.0. The van der Waals surface area contributed by atoms with E-state index in [4.69, 9.17) is 0 Å². The van der Waals surface area contributed by atoms with Gasteiger partial charge in [-0.3, -0.25) is 15.0 Å². The number of nitrogens with zero attached hydrogens (tertiary/aromatic N) is 3. The van der Waals surface area contributed by atoms with Crippen LogP contribution >= 0.6 is 0 Å². The minimum Gasteiger partial charge on any atom is -0.350 e. The van der Waals surface area contributed by atoms with E-state index in [1.54, 1.807) is 12.1 Å². The number of aromatic nitrogens is 1. The number of fused-ring (bicyclic) bond motifs is 1. The maximum atomic E-state index is 11.0. The number of non-ortho nitro benzene ring substituents is 1. The van der Waals surface area contributed by atoms with Gasteiger partial charge in [-0.1, -0.05) is 6.08 Å². The molecule has 1 fully saturated rings. The lowest BCUT2D eigenvalue weighted by Crippen LogP contribution is -2.30. The van der Waals surface area contributed by atoms with Gasteiger partial charge < -0.3 is 4.57 Å². The smallest absolute Gasteiger partial charge is 0.270 e. The number of hydrogen-bond acceptors (Lipinski definition) is 3. The molecule has 0 radical (unpaired) electrons. The predicted molar refractivity (Wildman–Crippen MR) is 86.8 cm³/mol. The van der Waals surface area contributed by atoms with Crippen LogP contribution in [0.25, 0.3) is 16.5 Å². The number of nitro benzene ring substituents is 1. The lowest BCUT2D eigenvalue weighted by Gasteiger charge is -2.26. The molecule has 0 amide bonds. The molecule has 2 aliphatic rings. The first-order valence-corrected chi connectivity index (χ1v) is 7.80. The largest absolute Gasteiger partial charge is 0.350 e. The Morgan fingerprint density at radius 1 is 1.32 bits per heavy atom. The third-order valence-electron chi connectivity index (χ3n) is 4.83. The zero-order valence-electron chi connectivity index (χ0n) is 12.7. The van der Waals surface area contributed by atoms with Gasteiger partial charge in [0.15, 0.2) is 0 Å². The van der Waals surface area contributed by atoms with E-state index < -0.39 is 0 Å². The van der Waals surface area contributed by atoms with Gasteiger partial charge in [0.05, 0.1) is 4.92 Å². The zero-order valence-corrected chi connectivity index (χ0v) is 12.7. The van der Waals surface area contributed by atoms with Crippen LogP contribution < -0.4 is 0 Å². The molecule has 114 valence electrons. The van der Waals surface area contributed by atoms with Crippen LogP contribution in [0.3, 0.4) is 0 Å². The average Bonchev–Trinajstić information content (AvgIpc) is 3.32. The summed E-state index contributed by atoms with van der Waals surface area (Å²) in [6.07, 6.45) is 8.11. The van der Waals surface area contributed by atoms with Gasteiger partial charge in [-0.2, -0.15) is 0 Å². The van der Waals surface area contributed by atoms with Crippen molar-refractivity contribution in [1.29, 1.82) is 0 Å². The Labute approximate surface area is 129 Å². The van der Waals surface area contributed by atoms with Crippen LogP contribution in [0.2, 0.25) is 0 Å². The molecule has 1 aromatic carbocycles. The highest BCUT2D eigenvalue weighted by atomic mass is 16.6. The van der Waals surface area contributed by atoms with Crippen molar-refractivity contribution in [2.24, 2.45) is 7.05 Å². The van der Waals surface area contributed by atoms with Gasteiger partial charge in [0.1, 0.15) is 0 Å². The van der Waals surface area contributed by atoms with Crippen LogP contribution in [-0.2, 0) is 7.05 Å². The molecule has 0 atom stereocenters. The summed E-state index contributed by atoms with van der Waals surface area (Å²) in [6, 6.07) is 5.93. The van der Waals surface area contributed by atoms with Gasteiger partial charge in [0.2, 0.25) is 0 Å². The van der Waals surface area contributed by atoms with Crippen LogP contribution in [0.5, 0.6) is 0 Å². The summed E-state index contributed by atoms with van der Waals surface area (Å²) < 4.78 is 2.06. The first kappa shape index (κ1) is 13.5. The molecule has 0 unspecified atom stereocenters. The Kier molecular flexibility index (Phi) is 3.04. The van der Waals surface area contributed by atoms with Crippen LogP contribution in [0.4, 0.5) is 5.69 Å². The van der Waals surface area contributed by atoms with E-state index in [-0.39, 0.29) is 10.6 Å². The van der Waals surface area contributed by atoms with E-state index in [1.807, 2.05) is 13.1 Å². The first-order valence-electron chi connectivity index (χ1n) is 7.80. The molecule has 0 bridgehead atoms. The van der Waals surface area contributed by atoms with Crippen molar-refractivity contribution in [2.45, 2.75) is 25.3 Å². The first-order chi connectivity index (χ1) is 10.6. The second-order valence-electron chi connectivity index (χ2n) is 6.32. The second kappa shape index (κ2) is 4.95. The molecular weight excluding hydrogens is 278 g/mol. The standard InChI is InChI=1S/C17H19N3O2/c1-18-11-16(12-6-8-19(9-7-12)13-2-3-13)15-10-14(20(21)22)4-5-17(15)18/h4-6,10-11,13H,2-3,7-9H2,1H3. The highest BCUT2D eigenvalue weighted by Gasteiger charge is 2.30. The molecule has 4 rings (SSSR count). The number of hydrogen-bond donors (Lipinski definition) is 0. The van der Waals surface area contributed by atoms with Gasteiger partial charge in [0.25, 0.3) is 5.69 Å². The monoisotopic (exact) mass is 297 g/mol. The highest BCUT2D eigenvalue weighted by molar-refractivity contribution is 5.94. The van der Waals surface area contributed by atoms with E-state index >= 15 is 0 Å². The van der Waals surface area contributed by atoms with E-state index in [2.05, 4.69) is 21.7 Å². The molecule has 1 aromatic heterocycles. The Morgan fingerprint density at radius 3 is 2.77 bits per heavy atom. The summed E-state index contributed by atoms with van der Waals surface area (Å²) in [7, 11) is 2.00. The molecule has 5 heteroatoms. The third-order valence-corrected chi connectivity index (χ3v) is 4.83. The van der Waals surface area contributed by atoms with Crippen molar-refractivity contribution in [2.75, 3.05) is 13.1 Å². The Bertz CT molecular complexity index is 787. The van der Waals surface area contributed by atoms with Crippen molar-refractivity contribution in [1.82, 2.24) is 9.47 Å². The fraction of sp³-hybridized carbons (Fsp3) is 0.412. The molecule has 2 aromatic rings. The van der Waals surface area contributed by atoms with Crippen LogP contribution in [0, 0.1) is 10.1 Å². The molecule has 2 heterocycles. The summed E-state index contributed by atoms with van der Waals surface area (Å²) >= 11 is 0. The molecule has 0 N–H and O–H groups in total. The average molecular weight is 297 g/mol. The van der Waals surface area contributed by atoms with E-state index in [1.165, 1.54) is 18.4 Å². The Balaban J connectivity index is 1.74. The van der Waals surface area contributed by atoms with E-state index in [0.29, 0.717) is 0 Å². The van der Waals surface area contributed by atoms with Gasteiger partial charge in [-0.25, -0.2) is 0 Å². The number of nitro groups is 1. The van der Waals surface area contributed by atoms with Gasteiger partial charge >= 0.3 is 0 Å². The molecule has 5 nitrogen and oxygen atoms in total. The van der Waals surface area contributed by atoms with Crippen LogP contribution in [0.15, 0.2) is 30.5 Å². The normalized spacial score (nSPS) is 19.4. The van der Waals surface area contributed by atoms with E-state index in [0.717, 1.165) is 42.0 Å². The van der Waals surface area contributed by atoms with Crippen molar-refractivity contribution >= 4 is 22.2 Å². The molecule has 0 spiro atoms. The second-order valence-corrected chi connectivity index (χ2v) is 6.32. The van der Waals surface area contributed by atoms with Crippen molar-refractivity contribution in [3.05, 3.63) is 46.1 Å². The molecule has 1 aliphatic carbocycles. The fourth-order valence-electron chi connectivity index (χ4n) is 3.45. The predicted octanol–water partition coefficient (Wildman–Crippen LogP) is 3.34. The Hall–Kier alpha value is -2.14. The summed E-state index contributed by atoms with van der Waals surface area (Å²) in [5.41, 5.74) is 3.68. The number of rotatable bonds is 3. The molecule has 22 heavy (non-hydrogen) atoms. The zero-order chi connectivity index (χ0) is 15.3. The number of aryl methyl sites for hydroxylation is 1. The lowest BCUT2D eigenvalue weighted by atomic mass is 9.98. The van der Waals surface area contributed by atoms with Gasteiger partial charge in [-0.05, 0) is 30.9 Å². The van der Waals surface area contributed by atoms with Crippen molar-refractivity contribution in [3.8, 4) is 0 Å². The number of benzene rings is 1. The van der Waals surface area contributed by atoms with Gasteiger partial charge in [-0.15, -0.1) is 0 Å². The van der Waals surface area contributed by atoms with Crippen molar-refractivity contribution < 1.29 is 4.92 Å². The minimum absolute atomic E-state index is 0.163. The maximum Gasteiger partial charge on any atom is 0.270 e. The van der Waals surface area contributed by atoms with Crippen LogP contribution in [0.1, 0.15) is 24.8 Å². The quantitative estimate of drug-likeness (QED) is 0.645. The highest BCUT2D eigenvalue weighted by Crippen LogP contribution is 2.35. The van der Waals surface area contributed by atoms with Crippen molar-refractivity contribution in [3.63, 3.8) is 0 Å². The summed E-state index contributed by atoms with van der Waals surface area (Å²) in [6.45, 7) is 2.10. The lowest BCUT2D eigenvalue weighted by molar-refractivity contribution is -0.384. The SMILES string of the molecule is Cn1cc(C2=CCN(C3CC3)CC2)c2cc([N+](=O)[O-])ccc21. The summed E-state index contributed by atoms with van der Waals surface area (Å²) in [5, 5.41) is 12.0. The van der Waals surface area contributed by atoms with Crippen LogP contribution in [-0.4, -0.2) is 33.5 Å². The molecule has 0 saturated heterocycles. The third kappa shape index (κ3) is 2.22. The topological polar surface area (TPSA) is 51.3 Å². The Morgan fingerprint density at radius 2 is 2.14 bits per heavy atom. The molecular formula is C17H19N3O2. The molecule has 1 aliphatic heterocycles. The minimum atomic E-state index is -0.319. The molecule has 1 saturated carbocycles.